The van der Waals surface area contributed by atoms with Gasteiger partial charge in [0, 0.05) is 17.0 Å². The van der Waals surface area contributed by atoms with Crippen molar-refractivity contribution in [2.75, 3.05) is 13.7 Å². The van der Waals surface area contributed by atoms with Gasteiger partial charge in [-0.15, -0.1) is 0 Å². The minimum atomic E-state index is -1.97. The number of nitrogens with two attached hydrogens (primary N) is 1. The zero-order valence-electron chi connectivity index (χ0n) is 15.4. The lowest BCUT2D eigenvalue weighted by molar-refractivity contribution is -0.0445. The molecule has 0 bridgehead atoms. The molecule has 2 spiro atoms. The first-order valence-electron chi connectivity index (χ1n) is 9.11. The maximum atomic E-state index is 8.69. The summed E-state index contributed by atoms with van der Waals surface area (Å²) in [4.78, 5) is 4.65. The average molecular weight is 381 g/mol. The molecule has 0 saturated heterocycles. The van der Waals surface area contributed by atoms with Crippen LogP contribution in [-0.4, -0.2) is 25.8 Å². The summed E-state index contributed by atoms with van der Waals surface area (Å²) < 4.78 is 29.3. The van der Waals surface area contributed by atoms with Crippen LogP contribution in [0.3, 0.4) is 0 Å². The first kappa shape index (κ1) is 13.2. The Hall–Kier alpha value is -1.07. The largest absolute Gasteiger partial charge is 0.462 e. The molecule has 0 aromatic heterocycles. The minimum Gasteiger partial charge on any atom is -0.462 e. The molecular formula is C18H23BrN2O2. The fraction of sp³-hybridized carbons (Fsp3) is 0.611. The Kier molecular flexibility index (Phi) is 3.00. The van der Waals surface area contributed by atoms with Gasteiger partial charge >= 0.3 is 0 Å². The Morgan fingerprint density at radius 2 is 2.35 bits per heavy atom. The van der Waals surface area contributed by atoms with Crippen molar-refractivity contribution in [2.24, 2.45) is 22.1 Å². The Balaban J connectivity index is 1.92. The number of halogens is 1. The normalized spacial score (nSPS) is 42.1. The average Bonchev–Trinajstić information content (AvgIpc) is 2.93. The number of methoxy groups -OCH3 is 1. The van der Waals surface area contributed by atoms with Crippen molar-refractivity contribution >= 4 is 22.0 Å². The van der Waals surface area contributed by atoms with E-state index in [0.717, 1.165) is 41.3 Å². The molecule has 1 aromatic rings. The fourth-order valence-electron chi connectivity index (χ4n) is 4.89. The van der Waals surface area contributed by atoms with E-state index < -0.39 is 12.1 Å². The summed E-state index contributed by atoms with van der Waals surface area (Å²) in [6.07, 6.45) is 3.54. The molecule has 124 valence electrons. The second-order valence-electron chi connectivity index (χ2n) is 7.12. The van der Waals surface area contributed by atoms with Crippen molar-refractivity contribution in [2.45, 2.75) is 44.2 Å². The summed E-state index contributed by atoms with van der Waals surface area (Å²) in [5, 5.41) is 0. The Bertz CT molecular complexity index is 757. The molecule has 0 radical (unpaired) electrons. The van der Waals surface area contributed by atoms with Gasteiger partial charge in [0.25, 0.3) is 6.02 Å². The van der Waals surface area contributed by atoms with Crippen LogP contribution in [-0.2, 0) is 21.4 Å². The highest BCUT2D eigenvalue weighted by atomic mass is 79.9. The number of benzene rings is 1. The topological polar surface area (TPSA) is 56.8 Å². The van der Waals surface area contributed by atoms with Gasteiger partial charge in [-0.1, -0.05) is 28.9 Å². The summed E-state index contributed by atoms with van der Waals surface area (Å²) in [6, 6.07) is 6.01. The van der Waals surface area contributed by atoms with Gasteiger partial charge in [0.05, 0.1) is 8.85 Å². The van der Waals surface area contributed by atoms with E-state index in [1.165, 1.54) is 0 Å². The molecule has 4 nitrogen and oxygen atoms in total. The third kappa shape index (κ3) is 2.09. The van der Waals surface area contributed by atoms with Crippen molar-refractivity contribution < 1.29 is 12.2 Å². The van der Waals surface area contributed by atoms with Crippen molar-refractivity contribution in [3.8, 4) is 0 Å². The number of hydrogen-bond acceptors (Lipinski definition) is 4. The molecule has 1 aliphatic heterocycles. The van der Waals surface area contributed by atoms with Gasteiger partial charge in [0.15, 0.2) is 0 Å². The first-order chi connectivity index (χ1) is 11.7. The number of aliphatic imine (C=N–C) groups is 1. The minimum absolute atomic E-state index is 0.0567. The molecule has 1 saturated carbocycles. The van der Waals surface area contributed by atoms with E-state index in [0.29, 0.717) is 5.92 Å². The van der Waals surface area contributed by atoms with Gasteiger partial charge in [0.1, 0.15) is 12.1 Å². The predicted octanol–water partition coefficient (Wildman–Crippen LogP) is 3.37. The highest BCUT2D eigenvalue weighted by Crippen LogP contribution is 2.62. The Morgan fingerprint density at radius 3 is 3.00 bits per heavy atom. The molecule has 1 heterocycles. The molecule has 1 unspecified atom stereocenters. The quantitative estimate of drug-likeness (QED) is 0.812. The third-order valence-corrected chi connectivity index (χ3v) is 6.39. The van der Waals surface area contributed by atoms with Gasteiger partial charge in [-0.25, -0.2) is 4.99 Å². The van der Waals surface area contributed by atoms with Crippen LogP contribution >= 0.6 is 15.9 Å². The summed E-state index contributed by atoms with van der Waals surface area (Å²) in [5.41, 5.74) is 6.47. The summed E-state index contributed by atoms with van der Waals surface area (Å²) in [7, 11) is 1.75. The standard InChI is InChI=1S/C18H23BrN2O2/c1-11-8-17(6-5-15(11)22-2)9-12-3-4-13(19)7-14(12)18(17)10-23-16(20)21-18/h3-4,7,11,15H,5-6,8-10H2,1-2H3,(H2,20,21)/t11?,15-,17-,18+/m1/s1/i10D2. The summed E-state index contributed by atoms with van der Waals surface area (Å²) >= 11 is 3.53. The predicted molar refractivity (Wildman–Crippen MR) is 93.3 cm³/mol. The lowest BCUT2D eigenvalue weighted by atomic mass is 9.59. The lowest BCUT2D eigenvalue weighted by Gasteiger charge is -2.47. The SMILES string of the molecule is [2H]C1([2H])OC(N)=N[C@]12c1cc(Br)ccc1C[C@]21CC[C@@H](OC)C(C)C1. The van der Waals surface area contributed by atoms with E-state index in [4.69, 9.17) is 17.9 Å². The highest BCUT2D eigenvalue weighted by molar-refractivity contribution is 9.10. The maximum Gasteiger partial charge on any atom is 0.283 e. The van der Waals surface area contributed by atoms with Crippen LogP contribution in [0.4, 0.5) is 0 Å². The number of fused-ring (bicyclic) bond motifs is 3. The molecule has 5 heteroatoms. The zero-order chi connectivity index (χ0) is 18.0. The van der Waals surface area contributed by atoms with Crippen LogP contribution in [0.5, 0.6) is 0 Å². The van der Waals surface area contributed by atoms with Gasteiger partial charge in [-0.3, -0.25) is 0 Å². The first-order valence-corrected chi connectivity index (χ1v) is 8.90. The van der Waals surface area contributed by atoms with Gasteiger partial charge in [-0.05, 0) is 54.9 Å². The van der Waals surface area contributed by atoms with Crippen molar-refractivity contribution in [1.29, 1.82) is 0 Å². The smallest absolute Gasteiger partial charge is 0.283 e. The maximum absolute atomic E-state index is 8.69. The van der Waals surface area contributed by atoms with Crippen molar-refractivity contribution in [3.05, 3.63) is 33.8 Å². The van der Waals surface area contributed by atoms with E-state index in [-0.39, 0.29) is 17.5 Å². The van der Waals surface area contributed by atoms with E-state index in [9.17, 15) is 0 Å². The molecule has 4 atom stereocenters. The van der Waals surface area contributed by atoms with E-state index in [2.05, 4.69) is 33.9 Å². The molecule has 1 fully saturated rings. The number of hydrogen-bond donors (Lipinski definition) is 1. The monoisotopic (exact) mass is 380 g/mol. The molecule has 2 N–H and O–H groups in total. The molecule has 0 amide bonds. The Morgan fingerprint density at radius 1 is 1.52 bits per heavy atom. The molecule has 4 rings (SSSR count). The van der Waals surface area contributed by atoms with Crippen molar-refractivity contribution in [3.63, 3.8) is 0 Å². The van der Waals surface area contributed by atoms with E-state index in [1.807, 2.05) is 12.1 Å². The van der Waals surface area contributed by atoms with Crippen LogP contribution in [0.25, 0.3) is 0 Å². The van der Waals surface area contributed by atoms with Crippen molar-refractivity contribution in [1.82, 2.24) is 0 Å². The van der Waals surface area contributed by atoms with Gasteiger partial charge < -0.3 is 15.2 Å². The molecule has 3 aliphatic rings. The summed E-state index contributed by atoms with van der Waals surface area (Å²) in [6.45, 7) is 0.211. The van der Waals surface area contributed by atoms with Crippen LogP contribution in [0.2, 0.25) is 0 Å². The highest BCUT2D eigenvalue weighted by Gasteiger charge is 2.62. The van der Waals surface area contributed by atoms with Gasteiger partial charge in [-0.2, -0.15) is 0 Å². The number of amidine groups is 1. The fourth-order valence-corrected chi connectivity index (χ4v) is 5.25. The molecular weight excluding hydrogens is 356 g/mol. The number of nitrogens with zero attached hydrogens (tertiary/aromatic N) is 1. The number of ether oxygens (including phenoxy) is 2. The molecule has 23 heavy (non-hydrogen) atoms. The van der Waals surface area contributed by atoms with Crippen LogP contribution in [0, 0.1) is 11.3 Å². The summed E-state index contributed by atoms with van der Waals surface area (Å²) in [5.74, 6) is 0.321. The Labute approximate surface area is 148 Å². The van der Waals surface area contributed by atoms with Crippen LogP contribution in [0.15, 0.2) is 27.7 Å². The zero-order valence-corrected chi connectivity index (χ0v) is 15.0. The third-order valence-electron chi connectivity index (χ3n) is 5.90. The van der Waals surface area contributed by atoms with Gasteiger partial charge in [0.2, 0.25) is 0 Å². The second kappa shape index (κ2) is 5.21. The number of rotatable bonds is 1. The van der Waals surface area contributed by atoms with Crippen LogP contribution < -0.4 is 5.73 Å². The molecule has 1 aromatic carbocycles. The van der Waals surface area contributed by atoms with Crippen LogP contribution in [0.1, 0.15) is 40.1 Å². The van der Waals surface area contributed by atoms with E-state index >= 15 is 0 Å². The molecule has 2 aliphatic carbocycles. The lowest BCUT2D eigenvalue weighted by Crippen LogP contribution is -2.48. The second-order valence-corrected chi connectivity index (χ2v) is 8.03. The van der Waals surface area contributed by atoms with E-state index in [1.54, 1.807) is 7.11 Å².